The monoisotopic (exact) mass is 241 g/mol. The zero-order valence-electron chi connectivity index (χ0n) is 9.45. The summed E-state index contributed by atoms with van der Waals surface area (Å²) < 4.78 is 0. The molecule has 1 aromatic heterocycles. The van der Waals surface area contributed by atoms with Crippen molar-refractivity contribution in [2.75, 3.05) is 0 Å². The Kier molecular flexibility index (Phi) is 5.26. The van der Waals surface area contributed by atoms with Crippen molar-refractivity contribution in [2.45, 2.75) is 39.5 Å². The van der Waals surface area contributed by atoms with Gasteiger partial charge in [-0.2, -0.15) is 0 Å². The maximum Gasteiger partial charge on any atom is 0.0730 e. The zero-order valence-corrected chi connectivity index (χ0v) is 11.1. The number of thiocarbonyl (C=S) groups is 1. The van der Waals surface area contributed by atoms with Gasteiger partial charge in [-0.05, 0) is 30.9 Å². The summed E-state index contributed by atoms with van der Waals surface area (Å²) in [4.78, 5) is 3.59. The Balaban J connectivity index is 2.45. The number of thiophene rings is 1. The van der Waals surface area contributed by atoms with E-state index in [-0.39, 0.29) is 0 Å². The van der Waals surface area contributed by atoms with Crippen LogP contribution in [-0.4, -0.2) is 4.99 Å². The first-order chi connectivity index (χ1) is 7.11. The van der Waals surface area contributed by atoms with Gasteiger partial charge < -0.3 is 5.73 Å². The minimum atomic E-state index is 0.565. The minimum absolute atomic E-state index is 0.565. The van der Waals surface area contributed by atoms with Crippen LogP contribution in [0.5, 0.6) is 0 Å². The molecular weight excluding hydrogens is 222 g/mol. The lowest BCUT2D eigenvalue weighted by atomic mass is 10.0. The smallest absolute Gasteiger partial charge is 0.0730 e. The minimum Gasteiger partial charge on any atom is -0.393 e. The van der Waals surface area contributed by atoms with E-state index < -0.39 is 0 Å². The third-order valence-electron chi connectivity index (χ3n) is 2.31. The van der Waals surface area contributed by atoms with Gasteiger partial charge in [0.1, 0.15) is 0 Å². The average molecular weight is 241 g/mol. The molecule has 0 aliphatic carbocycles. The first kappa shape index (κ1) is 12.7. The molecule has 84 valence electrons. The van der Waals surface area contributed by atoms with Gasteiger partial charge in [0.15, 0.2) is 0 Å². The lowest BCUT2D eigenvalue weighted by Gasteiger charge is -2.07. The maximum atomic E-state index is 5.53. The molecule has 0 aliphatic heterocycles. The van der Waals surface area contributed by atoms with Gasteiger partial charge in [-0.25, -0.2) is 0 Å². The molecule has 1 unspecified atom stereocenters. The van der Waals surface area contributed by atoms with Crippen LogP contribution < -0.4 is 5.73 Å². The van der Waals surface area contributed by atoms with Crippen LogP contribution >= 0.6 is 23.6 Å². The summed E-state index contributed by atoms with van der Waals surface area (Å²) in [6, 6.07) is 4.49. The fraction of sp³-hybridized carbons (Fsp3) is 0.583. The fourth-order valence-corrected chi connectivity index (χ4v) is 3.24. The second-order valence-electron chi connectivity index (χ2n) is 4.10. The molecule has 15 heavy (non-hydrogen) atoms. The van der Waals surface area contributed by atoms with E-state index in [1.807, 2.05) is 11.3 Å². The van der Waals surface area contributed by atoms with Gasteiger partial charge in [0.25, 0.3) is 0 Å². The molecule has 1 heterocycles. The standard InChI is InChI=1S/C12H19NS2/c1-3-4-10-5-6-11(15-10)7-9(2)8-12(13)14/h5-6,9H,3-4,7-8H2,1-2H3,(H2,13,14). The average Bonchev–Trinajstić information content (AvgIpc) is 2.51. The van der Waals surface area contributed by atoms with Gasteiger partial charge in [0.2, 0.25) is 0 Å². The molecular formula is C12H19NS2. The van der Waals surface area contributed by atoms with Crippen molar-refractivity contribution in [3.8, 4) is 0 Å². The summed E-state index contributed by atoms with van der Waals surface area (Å²) in [5, 5.41) is 0. The van der Waals surface area contributed by atoms with E-state index >= 15 is 0 Å². The molecule has 3 heteroatoms. The van der Waals surface area contributed by atoms with Crippen molar-refractivity contribution in [2.24, 2.45) is 11.7 Å². The molecule has 2 N–H and O–H groups in total. The van der Waals surface area contributed by atoms with Crippen LogP contribution in [0.2, 0.25) is 0 Å². The van der Waals surface area contributed by atoms with Gasteiger partial charge in [-0.1, -0.05) is 32.5 Å². The molecule has 1 nitrogen and oxygen atoms in total. The summed E-state index contributed by atoms with van der Waals surface area (Å²) in [6.45, 7) is 4.42. The molecule has 1 atom stereocenters. The molecule has 0 amide bonds. The first-order valence-corrected chi connectivity index (χ1v) is 6.70. The Morgan fingerprint density at radius 1 is 1.47 bits per heavy atom. The predicted octanol–water partition coefficient (Wildman–Crippen LogP) is 3.56. The third-order valence-corrected chi connectivity index (χ3v) is 3.65. The van der Waals surface area contributed by atoms with Gasteiger partial charge in [0.05, 0.1) is 4.99 Å². The van der Waals surface area contributed by atoms with Crippen LogP contribution in [0, 0.1) is 5.92 Å². The lowest BCUT2D eigenvalue weighted by molar-refractivity contribution is 0.613. The second kappa shape index (κ2) is 6.23. The highest BCUT2D eigenvalue weighted by Gasteiger charge is 2.07. The number of nitrogens with two attached hydrogens (primary N) is 1. The Morgan fingerprint density at radius 3 is 2.73 bits per heavy atom. The van der Waals surface area contributed by atoms with E-state index in [0.717, 1.165) is 12.8 Å². The van der Waals surface area contributed by atoms with Gasteiger partial charge in [-0.3, -0.25) is 0 Å². The van der Waals surface area contributed by atoms with E-state index in [4.69, 9.17) is 18.0 Å². The highest BCUT2D eigenvalue weighted by molar-refractivity contribution is 7.80. The molecule has 0 saturated carbocycles. The van der Waals surface area contributed by atoms with Crippen LogP contribution in [0.3, 0.4) is 0 Å². The van der Waals surface area contributed by atoms with Crippen LogP contribution in [0.25, 0.3) is 0 Å². The number of hydrogen-bond acceptors (Lipinski definition) is 2. The van der Waals surface area contributed by atoms with Crippen molar-refractivity contribution < 1.29 is 0 Å². The SMILES string of the molecule is CCCc1ccc(CC(C)CC(N)=S)s1. The van der Waals surface area contributed by atoms with Gasteiger partial charge in [-0.15, -0.1) is 11.3 Å². The topological polar surface area (TPSA) is 26.0 Å². The molecule has 1 aromatic rings. The summed E-state index contributed by atoms with van der Waals surface area (Å²) in [6.07, 6.45) is 4.39. The maximum absolute atomic E-state index is 5.53. The van der Waals surface area contributed by atoms with Crippen LogP contribution in [-0.2, 0) is 12.8 Å². The summed E-state index contributed by atoms with van der Waals surface area (Å²) >= 11 is 6.84. The zero-order chi connectivity index (χ0) is 11.3. The summed E-state index contributed by atoms with van der Waals surface area (Å²) in [5.74, 6) is 0.565. The molecule has 0 aromatic carbocycles. The third kappa shape index (κ3) is 4.76. The van der Waals surface area contributed by atoms with Gasteiger partial charge in [0, 0.05) is 16.2 Å². The fourth-order valence-electron chi connectivity index (χ4n) is 1.67. The van der Waals surface area contributed by atoms with Crippen molar-refractivity contribution >= 4 is 28.5 Å². The number of rotatable bonds is 6. The number of hydrogen-bond donors (Lipinski definition) is 1. The highest BCUT2D eigenvalue weighted by atomic mass is 32.1. The number of aryl methyl sites for hydroxylation is 1. The molecule has 0 bridgehead atoms. The van der Waals surface area contributed by atoms with Gasteiger partial charge >= 0.3 is 0 Å². The Morgan fingerprint density at radius 2 is 2.13 bits per heavy atom. The van der Waals surface area contributed by atoms with E-state index in [9.17, 15) is 0 Å². The van der Waals surface area contributed by atoms with E-state index in [1.54, 1.807) is 0 Å². The normalized spacial score (nSPS) is 12.7. The first-order valence-electron chi connectivity index (χ1n) is 5.47. The summed E-state index contributed by atoms with van der Waals surface area (Å²) in [5.41, 5.74) is 5.53. The molecule has 0 fully saturated rings. The van der Waals surface area contributed by atoms with Crippen molar-refractivity contribution in [3.05, 3.63) is 21.9 Å². The lowest BCUT2D eigenvalue weighted by Crippen LogP contribution is -2.13. The predicted molar refractivity (Wildman–Crippen MR) is 72.6 cm³/mol. The molecule has 0 radical (unpaired) electrons. The van der Waals surface area contributed by atoms with Crippen LogP contribution in [0.1, 0.15) is 36.4 Å². The molecule has 0 aliphatic rings. The highest BCUT2D eigenvalue weighted by Crippen LogP contribution is 2.22. The quantitative estimate of drug-likeness (QED) is 0.771. The van der Waals surface area contributed by atoms with Crippen LogP contribution in [0.15, 0.2) is 12.1 Å². The summed E-state index contributed by atoms with van der Waals surface area (Å²) in [7, 11) is 0. The molecule has 1 rings (SSSR count). The van der Waals surface area contributed by atoms with Crippen molar-refractivity contribution in [1.82, 2.24) is 0 Å². The molecule has 0 saturated heterocycles. The van der Waals surface area contributed by atoms with E-state index in [1.165, 1.54) is 22.6 Å². The van der Waals surface area contributed by atoms with E-state index in [0.29, 0.717) is 10.9 Å². The Bertz CT molecular complexity index is 317. The largest absolute Gasteiger partial charge is 0.393 e. The van der Waals surface area contributed by atoms with E-state index in [2.05, 4.69) is 26.0 Å². The molecule has 0 spiro atoms. The Labute approximate surface area is 102 Å². The Hall–Kier alpha value is -0.410. The van der Waals surface area contributed by atoms with Crippen molar-refractivity contribution in [3.63, 3.8) is 0 Å². The van der Waals surface area contributed by atoms with Crippen molar-refractivity contribution in [1.29, 1.82) is 0 Å². The van der Waals surface area contributed by atoms with Crippen LogP contribution in [0.4, 0.5) is 0 Å². The second-order valence-corrected chi connectivity index (χ2v) is 5.88.